The molecule has 8 heteroatoms. The van der Waals surface area contributed by atoms with E-state index in [1.165, 1.54) is 36.4 Å². The van der Waals surface area contributed by atoms with Crippen molar-refractivity contribution in [2.24, 2.45) is 0 Å². The summed E-state index contributed by atoms with van der Waals surface area (Å²) in [6.45, 7) is 0.745. The zero-order valence-electron chi connectivity index (χ0n) is 12.7. The number of alkyl halides is 3. The highest BCUT2D eigenvalue weighted by Crippen LogP contribution is 2.37. The van der Waals surface area contributed by atoms with E-state index in [1.807, 2.05) is 27.5 Å². The quantitative estimate of drug-likeness (QED) is 0.376. The molecule has 3 rings (SSSR count). The molecular weight excluding hydrogens is 453 g/mol. The van der Waals surface area contributed by atoms with Crippen molar-refractivity contribution < 1.29 is 27.1 Å². The lowest BCUT2D eigenvalue weighted by molar-refractivity contribution is -0.274. The Labute approximate surface area is 154 Å². The van der Waals surface area contributed by atoms with Crippen LogP contribution < -0.4 is 4.74 Å². The molecule has 0 saturated heterocycles. The summed E-state index contributed by atoms with van der Waals surface area (Å²) in [6.07, 6.45) is -3.94. The lowest BCUT2D eigenvalue weighted by Crippen LogP contribution is -2.23. The number of aldehydes is 1. The molecule has 2 aromatic carbocycles. The van der Waals surface area contributed by atoms with Gasteiger partial charge in [0.25, 0.3) is 0 Å². The van der Waals surface area contributed by atoms with Crippen molar-refractivity contribution in [3.8, 4) is 5.75 Å². The number of carbonyl (C=O) groups excluding carboxylic acids is 1. The molecule has 0 fully saturated rings. The van der Waals surface area contributed by atoms with Crippen LogP contribution in [0.3, 0.4) is 0 Å². The van der Waals surface area contributed by atoms with Crippen molar-refractivity contribution in [2.45, 2.75) is 25.5 Å². The second-order valence-electron chi connectivity index (χ2n) is 5.64. The molecule has 0 aromatic heterocycles. The summed E-state index contributed by atoms with van der Waals surface area (Å²) in [7, 11) is 0. The standard InChI is InChI=1S/C17H12F4INO2/c18-12-5-11-8-23(15(9-24)16(11)14(22)6-12)7-10-1-3-13(4-2-10)25-17(19,20)21/h1-6,9,15H,7-8H2. The van der Waals surface area contributed by atoms with E-state index in [9.17, 15) is 22.4 Å². The molecule has 0 radical (unpaired) electrons. The number of benzene rings is 2. The van der Waals surface area contributed by atoms with Crippen molar-refractivity contribution >= 4 is 28.9 Å². The Morgan fingerprint density at radius 3 is 2.52 bits per heavy atom. The normalized spacial score (nSPS) is 17.4. The van der Waals surface area contributed by atoms with Gasteiger partial charge >= 0.3 is 6.36 Å². The van der Waals surface area contributed by atoms with Gasteiger partial charge in [-0.25, -0.2) is 4.39 Å². The highest BCUT2D eigenvalue weighted by Gasteiger charge is 2.33. The van der Waals surface area contributed by atoms with E-state index in [4.69, 9.17) is 0 Å². The fourth-order valence-electron chi connectivity index (χ4n) is 2.94. The molecule has 1 unspecified atom stereocenters. The van der Waals surface area contributed by atoms with Gasteiger partial charge in [-0.05, 0) is 63.5 Å². The first kappa shape index (κ1) is 18.1. The predicted octanol–water partition coefficient (Wildman–Crippen LogP) is 4.58. The third kappa shape index (κ3) is 4.12. The van der Waals surface area contributed by atoms with E-state index >= 15 is 0 Å². The Morgan fingerprint density at radius 2 is 1.92 bits per heavy atom. The predicted molar refractivity (Wildman–Crippen MR) is 90.3 cm³/mol. The summed E-state index contributed by atoms with van der Waals surface area (Å²) in [6, 6.07) is 7.76. The van der Waals surface area contributed by atoms with Gasteiger partial charge in [0, 0.05) is 16.7 Å². The second-order valence-corrected chi connectivity index (χ2v) is 6.80. The van der Waals surface area contributed by atoms with E-state index in [1.54, 1.807) is 0 Å². The van der Waals surface area contributed by atoms with Crippen LogP contribution in [0.1, 0.15) is 22.7 Å². The number of hydrogen-bond acceptors (Lipinski definition) is 3. The molecule has 3 nitrogen and oxygen atoms in total. The second kappa shape index (κ2) is 6.91. The molecule has 1 aliphatic rings. The molecule has 0 bridgehead atoms. The SMILES string of the molecule is O=CC1c2c(I)cc(F)cc2CN1Cc1ccc(OC(F)(F)F)cc1. The summed E-state index contributed by atoms with van der Waals surface area (Å²) in [5, 5.41) is 0. The zero-order valence-corrected chi connectivity index (χ0v) is 14.8. The van der Waals surface area contributed by atoms with Crippen molar-refractivity contribution in [3.05, 3.63) is 62.5 Å². The van der Waals surface area contributed by atoms with E-state index in [2.05, 4.69) is 4.74 Å². The van der Waals surface area contributed by atoms with Crippen molar-refractivity contribution in [1.29, 1.82) is 0 Å². The van der Waals surface area contributed by atoms with Crippen LogP contribution in [0.15, 0.2) is 36.4 Å². The number of ether oxygens (including phenoxy) is 1. The Bertz CT molecular complexity index is 792. The average Bonchev–Trinajstić information content (AvgIpc) is 2.85. The maximum atomic E-state index is 13.6. The van der Waals surface area contributed by atoms with Crippen LogP contribution >= 0.6 is 22.6 Å². The van der Waals surface area contributed by atoms with Crippen LogP contribution in [-0.2, 0) is 17.9 Å². The molecule has 0 N–H and O–H groups in total. The summed E-state index contributed by atoms with van der Waals surface area (Å²) in [5.74, 6) is -0.659. The summed E-state index contributed by atoms with van der Waals surface area (Å²) in [4.78, 5) is 13.4. The molecule has 1 atom stereocenters. The smallest absolute Gasteiger partial charge is 0.406 e. The van der Waals surface area contributed by atoms with Gasteiger partial charge in [-0.2, -0.15) is 0 Å². The van der Waals surface area contributed by atoms with Gasteiger partial charge in [-0.3, -0.25) is 4.90 Å². The Morgan fingerprint density at radius 1 is 1.24 bits per heavy atom. The lowest BCUT2D eigenvalue weighted by atomic mass is 10.1. The van der Waals surface area contributed by atoms with E-state index in [0.29, 0.717) is 16.7 Å². The summed E-state index contributed by atoms with van der Waals surface area (Å²) in [5.41, 5.74) is 2.26. The zero-order chi connectivity index (χ0) is 18.2. The van der Waals surface area contributed by atoms with Crippen molar-refractivity contribution in [3.63, 3.8) is 0 Å². The van der Waals surface area contributed by atoms with Gasteiger partial charge in [0.1, 0.15) is 17.9 Å². The van der Waals surface area contributed by atoms with Crippen LogP contribution in [-0.4, -0.2) is 17.5 Å². The van der Waals surface area contributed by atoms with Crippen LogP contribution in [0.5, 0.6) is 5.75 Å². The maximum Gasteiger partial charge on any atom is 0.573 e. The first-order valence-corrected chi connectivity index (χ1v) is 8.36. The van der Waals surface area contributed by atoms with Gasteiger partial charge < -0.3 is 9.53 Å². The number of halogens is 5. The number of carbonyl (C=O) groups is 1. The highest BCUT2D eigenvalue weighted by atomic mass is 127. The average molecular weight is 465 g/mol. The summed E-state index contributed by atoms with van der Waals surface area (Å²) >= 11 is 2.00. The lowest BCUT2D eigenvalue weighted by Gasteiger charge is -2.21. The van der Waals surface area contributed by atoms with Crippen molar-refractivity contribution in [1.82, 2.24) is 4.90 Å². The molecule has 0 amide bonds. The highest BCUT2D eigenvalue weighted by molar-refractivity contribution is 14.1. The summed E-state index contributed by atoms with van der Waals surface area (Å²) < 4.78 is 54.7. The maximum absolute atomic E-state index is 13.6. The third-order valence-electron chi connectivity index (χ3n) is 3.91. The van der Waals surface area contributed by atoms with Crippen LogP contribution in [0.4, 0.5) is 17.6 Å². The van der Waals surface area contributed by atoms with E-state index in [0.717, 1.165) is 23.0 Å². The molecule has 2 aromatic rings. The van der Waals surface area contributed by atoms with Crippen LogP contribution in [0.25, 0.3) is 0 Å². The van der Waals surface area contributed by atoms with E-state index < -0.39 is 12.4 Å². The first-order valence-electron chi connectivity index (χ1n) is 7.28. The van der Waals surface area contributed by atoms with Gasteiger partial charge in [-0.1, -0.05) is 12.1 Å². The molecular formula is C17H12F4INO2. The minimum Gasteiger partial charge on any atom is -0.406 e. The fraction of sp³-hybridized carbons (Fsp3) is 0.235. The molecule has 132 valence electrons. The first-order chi connectivity index (χ1) is 11.8. The monoisotopic (exact) mass is 465 g/mol. The molecule has 0 saturated carbocycles. The number of rotatable bonds is 4. The number of fused-ring (bicyclic) bond motifs is 1. The third-order valence-corrected chi connectivity index (χ3v) is 4.81. The van der Waals surface area contributed by atoms with Gasteiger partial charge in [0.15, 0.2) is 0 Å². The van der Waals surface area contributed by atoms with Gasteiger partial charge in [0.2, 0.25) is 0 Å². The van der Waals surface area contributed by atoms with Crippen LogP contribution in [0.2, 0.25) is 0 Å². The molecule has 0 aliphatic carbocycles. The number of hydrogen-bond donors (Lipinski definition) is 0. The van der Waals surface area contributed by atoms with E-state index in [-0.39, 0.29) is 11.6 Å². The topological polar surface area (TPSA) is 29.5 Å². The Kier molecular flexibility index (Phi) is 5.01. The van der Waals surface area contributed by atoms with Crippen LogP contribution in [0, 0.1) is 9.39 Å². The minimum absolute atomic E-state index is 0.301. The molecule has 1 aliphatic heterocycles. The Hall–Kier alpha value is -1.68. The Balaban J connectivity index is 1.77. The number of nitrogens with zero attached hydrogens (tertiary/aromatic N) is 1. The van der Waals surface area contributed by atoms with Gasteiger partial charge in [-0.15, -0.1) is 13.2 Å². The minimum atomic E-state index is -4.73. The van der Waals surface area contributed by atoms with Crippen molar-refractivity contribution in [2.75, 3.05) is 0 Å². The molecule has 25 heavy (non-hydrogen) atoms. The largest absolute Gasteiger partial charge is 0.573 e. The molecule has 1 heterocycles. The fourth-order valence-corrected chi connectivity index (χ4v) is 3.90. The van der Waals surface area contributed by atoms with Gasteiger partial charge in [0.05, 0.1) is 6.04 Å². The molecule has 0 spiro atoms.